The Morgan fingerprint density at radius 3 is 2.82 bits per heavy atom. The molecule has 88 valence electrons. The molecule has 1 heteroatoms. The Kier molecular flexibility index (Phi) is 4.01. The van der Waals surface area contributed by atoms with Crippen LogP contribution in [0.4, 0.5) is 0 Å². The van der Waals surface area contributed by atoms with Crippen molar-refractivity contribution in [3.8, 4) is 12.3 Å². The van der Waals surface area contributed by atoms with Crippen LogP contribution >= 0.6 is 0 Å². The van der Waals surface area contributed by atoms with Crippen LogP contribution in [0.2, 0.25) is 0 Å². The molecular formula is C16H18O. The van der Waals surface area contributed by atoms with E-state index < -0.39 is 0 Å². The molecule has 17 heavy (non-hydrogen) atoms. The molecule has 1 aliphatic rings. The van der Waals surface area contributed by atoms with E-state index in [1.807, 2.05) is 18.2 Å². The molecular weight excluding hydrogens is 208 g/mol. The van der Waals surface area contributed by atoms with Crippen LogP contribution in [0, 0.1) is 18.3 Å². The van der Waals surface area contributed by atoms with Gasteiger partial charge in [-0.25, -0.2) is 0 Å². The molecule has 0 amide bonds. The van der Waals surface area contributed by atoms with Gasteiger partial charge in [-0.05, 0) is 25.3 Å². The highest BCUT2D eigenvalue weighted by Gasteiger charge is 2.20. The number of benzene rings is 1. The first-order valence-corrected chi connectivity index (χ1v) is 6.08. The van der Waals surface area contributed by atoms with Gasteiger partial charge in [0.15, 0.2) is 0 Å². The van der Waals surface area contributed by atoms with Crippen LogP contribution in [0.5, 0.6) is 0 Å². The van der Waals surface area contributed by atoms with Gasteiger partial charge in [0, 0.05) is 5.92 Å². The number of ether oxygens (including phenoxy) is 1. The van der Waals surface area contributed by atoms with Crippen molar-refractivity contribution in [3.63, 3.8) is 0 Å². The summed E-state index contributed by atoms with van der Waals surface area (Å²) in [6.07, 6.45) is 9.93. The van der Waals surface area contributed by atoms with Gasteiger partial charge < -0.3 is 4.74 Å². The van der Waals surface area contributed by atoms with Crippen LogP contribution in [0.1, 0.15) is 25.3 Å². The molecule has 1 nitrogen and oxygen atoms in total. The van der Waals surface area contributed by atoms with Crippen LogP contribution < -0.4 is 0 Å². The van der Waals surface area contributed by atoms with Crippen molar-refractivity contribution in [2.24, 2.45) is 5.92 Å². The smallest absolute Gasteiger partial charge is 0.0720 e. The molecule has 1 aromatic rings. The molecule has 0 spiro atoms. The number of rotatable bonds is 3. The highest BCUT2D eigenvalue weighted by Crippen LogP contribution is 2.26. The number of terminal acetylenes is 1. The fourth-order valence-electron chi connectivity index (χ4n) is 2.13. The second kappa shape index (κ2) is 5.70. The third-order valence-corrected chi connectivity index (χ3v) is 3.28. The summed E-state index contributed by atoms with van der Waals surface area (Å²) >= 11 is 0. The highest BCUT2D eigenvalue weighted by atomic mass is 16.5. The molecule has 0 bridgehead atoms. The van der Waals surface area contributed by atoms with Crippen molar-refractivity contribution in [1.82, 2.24) is 0 Å². The lowest BCUT2D eigenvalue weighted by molar-refractivity contribution is 0.0292. The van der Waals surface area contributed by atoms with Gasteiger partial charge in [-0.3, -0.25) is 0 Å². The number of hydrogen-bond donors (Lipinski definition) is 0. The van der Waals surface area contributed by atoms with Crippen LogP contribution in [-0.4, -0.2) is 6.10 Å². The van der Waals surface area contributed by atoms with E-state index in [1.165, 1.54) is 11.1 Å². The Morgan fingerprint density at radius 2 is 2.12 bits per heavy atom. The van der Waals surface area contributed by atoms with Gasteiger partial charge in [0.2, 0.25) is 0 Å². The summed E-state index contributed by atoms with van der Waals surface area (Å²) in [6, 6.07) is 10.3. The van der Waals surface area contributed by atoms with Gasteiger partial charge in [-0.2, -0.15) is 0 Å². The van der Waals surface area contributed by atoms with E-state index in [1.54, 1.807) is 0 Å². The zero-order chi connectivity index (χ0) is 12.1. The average Bonchev–Trinajstić information content (AvgIpc) is 2.39. The van der Waals surface area contributed by atoms with Gasteiger partial charge >= 0.3 is 0 Å². The Hall–Kier alpha value is -1.52. The lowest BCUT2D eigenvalue weighted by atomic mass is 9.87. The van der Waals surface area contributed by atoms with E-state index in [9.17, 15) is 0 Å². The van der Waals surface area contributed by atoms with Crippen molar-refractivity contribution in [2.45, 2.75) is 32.5 Å². The van der Waals surface area contributed by atoms with Crippen molar-refractivity contribution < 1.29 is 4.74 Å². The summed E-state index contributed by atoms with van der Waals surface area (Å²) in [5, 5.41) is 0. The highest BCUT2D eigenvalue weighted by molar-refractivity contribution is 5.19. The summed E-state index contributed by atoms with van der Waals surface area (Å²) in [7, 11) is 0. The SMILES string of the molecule is C#C[C@@H]1C[C@@H](OCc2ccccc2)CC=C1C. The van der Waals surface area contributed by atoms with E-state index in [2.05, 4.69) is 31.1 Å². The van der Waals surface area contributed by atoms with Gasteiger partial charge in [0.05, 0.1) is 12.7 Å². The second-order valence-electron chi connectivity index (χ2n) is 4.56. The molecule has 0 N–H and O–H groups in total. The predicted octanol–water partition coefficient (Wildman–Crippen LogP) is 3.56. The Labute approximate surface area is 103 Å². The Balaban J connectivity index is 1.88. The first-order valence-electron chi connectivity index (χ1n) is 6.08. The van der Waals surface area contributed by atoms with Crippen molar-refractivity contribution >= 4 is 0 Å². The van der Waals surface area contributed by atoms with E-state index in [4.69, 9.17) is 11.2 Å². The summed E-state index contributed by atoms with van der Waals surface area (Å²) in [6.45, 7) is 2.79. The summed E-state index contributed by atoms with van der Waals surface area (Å²) in [5.41, 5.74) is 2.53. The molecule has 0 aliphatic heterocycles. The van der Waals surface area contributed by atoms with E-state index in [0.29, 0.717) is 6.61 Å². The van der Waals surface area contributed by atoms with Crippen LogP contribution in [-0.2, 0) is 11.3 Å². The maximum absolute atomic E-state index is 5.91. The number of hydrogen-bond acceptors (Lipinski definition) is 1. The zero-order valence-corrected chi connectivity index (χ0v) is 10.2. The zero-order valence-electron chi connectivity index (χ0n) is 10.2. The van der Waals surface area contributed by atoms with E-state index in [0.717, 1.165) is 12.8 Å². The molecule has 0 heterocycles. The molecule has 0 saturated carbocycles. The molecule has 2 atom stereocenters. The van der Waals surface area contributed by atoms with Crippen LogP contribution in [0.3, 0.4) is 0 Å². The Bertz CT molecular complexity index is 425. The normalized spacial score (nSPS) is 23.9. The van der Waals surface area contributed by atoms with Gasteiger partial charge in [-0.15, -0.1) is 6.42 Å². The van der Waals surface area contributed by atoms with Gasteiger partial charge in [0.1, 0.15) is 0 Å². The first-order chi connectivity index (χ1) is 8.29. The molecule has 2 rings (SSSR count). The van der Waals surface area contributed by atoms with Crippen molar-refractivity contribution in [2.75, 3.05) is 0 Å². The maximum atomic E-state index is 5.91. The molecule has 1 aliphatic carbocycles. The Morgan fingerprint density at radius 1 is 1.35 bits per heavy atom. The predicted molar refractivity (Wildman–Crippen MR) is 70.3 cm³/mol. The maximum Gasteiger partial charge on any atom is 0.0720 e. The lowest BCUT2D eigenvalue weighted by Crippen LogP contribution is -2.21. The van der Waals surface area contributed by atoms with Crippen molar-refractivity contribution in [3.05, 3.63) is 47.5 Å². The van der Waals surface area contributed by atoms with E-state index in [-0.39, 0.29) is 12.0 Å². The fourth-order valence-corrected chi connectivity index (χ4v) is 2.13. The number of allylic oxidation sites excluding steroid dienone is 1. The average molecular weight is 226 g/mol. The minimum atomic E-state index is 0.254. The van der Waals surface area contributed by atoms with E-state index >= 15 is 0 Å². The fraction of sp³-hybridized carbons (Fsp3) is 0.375. The monoisotopic (exact) mass is 226 g/mol. The molecule has 0 fully saturated rings. The van der Waals surface area contributed by atoms with Crippen molar-refractivity contribution in [1.29, 1.82) is 0 Å². The van der Waals surface area contributed by atoms with Crippen LogP contribution in [0.15, 0.2) is 42.0 Å². The molecule has 1 aromatic carbocycles. The largest absolute Gasteiger partial charge is 0.373 e. The topological polar surface area (TPSA) is 9.23 Å². The third-order valence-electron chi connectivity index (χ3n) is 3.28. The standard InChI is InChI=1S/C16H18O/c1-3-15-11-16(10-9-13(15)2)17-12-14-7-5-4-6-8-14/h1,4-9,15-16H,10-12H2,2H3/t15-,16+/m1/s1. The molecule has 0 saturated heterocycles. The van der Waals surface area contributed by atoms with Gasteiger partial charge in [0.25, 0.3) is 0 Å². The third kappa shape index (κ3) is 3.22. The molecule has 0 radical (unpaired) electrons. The summed E-state index contributed by atoms with van der Waals surface area (Å²) < 4.78 is 5.91. The lowest BCUT2D eigenvalue weighted by Gasteiger charge is -2.25. The second-order valence-corrected chi connectivity index (χ2v) is 4.56. The first kappa shape index (κ1) is 12.0. The van der Waals surface area contributed by atoms with Gasteiger partial charge in [-0.1, -0.05) is 47.9 Å². The molecule has 0 unspecified atom stereocenters. The van der Waals surface area contributed by atoms with Crippen LogP contribution in [0.25, 0.3) is 0 Å². The minimum Gasteiger partial charge on any atom is -0.373 e. The summed E-state index contributed by atoms with van der Waals surface area (Å²) in [4.78, 5) is 0. The summed E-state index contributed by atoms with van der Waals surface area (Å²) in [5.74, 6) is 3.09. The quantitative estimate of drug-likeness (QED) is 0.565. The molecule has 0 aromatic heterocycles. The minimum absolute atomic E-state index is 0.254.